The second kappa shape index (κ2) is 6.00. The molecule has 1 atom stereocenters. The predicted molar refractivity (Wildman–Crippen MR) is 100 cm³/mol. The first-order chi connectivity index (χ1) is 10.4. The third kappa shape index (κ3) is 3.41. The molecule has 0 heterocycles. The smallest absolute Gasteiger partial charge is 0.192 e. The molecule has 0 aromatic rings. The minimum atomic E-state index is -1.88. The van der Waals surface area contributed by atoms with E-state index in [9.17, 15) is 4.79 Å². The minimum Gasteiger partial charge on any atom is -0.409 e. The van der Waals surface area contributed by atoms with E-state index in [-0.39, 0.29) is 16.6 Å². The number of Topliss-reactive ketones (excluding diaryl/α,β-unsaturated/α-hetero) is 1. The highest BCUT2D eigenvalue weighted by Crippen LogP contribution is 2.51. The fraction of sp³-hybridized carbons (Fsp3) is 0.750. The van der Waals surface area contributed by atoms with Gasteiger partial charge in [-0.3, -0.25) is 4.79 Å². The van der Waals surface area contributed by atoms with Gasteiger partial charge in [-0.05, 0) is 42.1 Å². The summed E-state index contributed by atoms with van der Waals surface area (Å²) in [6, 6.07) is 0. The lowest BCUT2D eigenvalue weighted by atomic mass is 9.87. The first-order valence-electron chi connectivity index (χ1n) is 9.07. The summed E-state index contributed by atoms with van der Waals surface area (Å²) in [5.41, 5.74) is 3.54. The number of hydrogen-bond acceptors (Lipinski definition) is 2. The lowest BCUT2D eigenvalue weighted by Gasteiger charge is -2.42. The molecule has 0 aliphatic heterocycles. The van der Waals surface area contributed by atoms with Crippen LogP contribution in [0.3, 0.4) is 0 Å². The van der Waals surface area contributed by atoms with Crippen LogP contribution in [0.4, 0.5) is 0 Å². The van der Waals surface area contributed by atoms with Gasteiger partial charge in [-0.1, -0.05) is 54.0 Å². The summed E-state index contributed by atoms with van der Waals surface area (Å²) in [6.07, 6.45) is 6.07. The second-order valence-electron chi connectivity index (χ2n) is 9.34. The van der Waals surface area contributed by atoms with Crippen molar-refractivity contribution in [1.29, 1.82) is 0 Å². The van der Waals surface area contributed by atoms with Crippen molar-refractivity contribution in [1.82, 2.24) is 0 Å². The predicted octanol–water partition coefficient (Wildman–Crippen LogP) is 5.80. The number of allylic oxidation sites excluding steroid dienone is 1. The molecule has 0 fully saturated rings. The standard InChI is InChI=1S/C20H34O2Si/c1-9-10-11-15-16(21)12-14-13-20(5,6)18(17(14)15)22-23(7,8)19(2,3)4/h13,18H,9-12H2,1-8H3. The van der Waals surface area contributed by atoms with E-state index in [1.807, 2.05) is 0 Å². The van der Waals surface area contributed by atoms with Gasteiger partial charge in [0.15, 0.2) is 14.1 Å². The monoisotopic (exact) mass is 334 g/mol. The Bertz CT molecular complexity index is 559. The summed E-state index contributed by atoms with van der Waals surface area (Å²) in [6.45, 7) is 18.2. The van der Waals surface area contributed by atoms with E-state index in [4.69, 9.17) is 4.43 Å². The Balaban J connectivity index is 2.40. The molecule has 2 rings (SSSR count). The summed E-state index contributed by atoms with van der Waals surface area (Å²) in [4.78, 5) is 12.5. The lowest BCUT2D eigenvalue weighted by molar-refractivity contribution is -0.114. The normalized spacial score (nSPS) is 24.3. The van der Waals surface area contributed by atoms with Crippen LogP contribution >= 0.6 is 0 Å². The van der Waals surface area contributed by atoms with E-state index in [0.29, 0.717) is 12.2 Å². The van der Waals surface area contributed by atoms with Gasteiger partial charge in [-0.25, -0.2) is 0 Å². The largest absolute Gasteiger partial charge is 0.409 e. The summed E-state index contributed by atoms with van der Waals surface area (Å²) in [5, 5.41) is 0.179. The van der Waals surface area contributed by atoms with Gasteiger partial charge in [-0.2, -0.15) is 0 Å². The molecule has 2 nitrogen and oxygen atoms in total. The van der Waals surface area contributed by atoms with Crippen LogP contribution < -0.4 is 0 Å². The van der Waals surface area contributed by atoms with Crippen LogP contribution in [0.2, 0.25) is 18.1 Å². The van der Waals surface area contributed by atoms with E-state index in [2.05, 4.69) is 60.7 Å². The van der Waals surface area contributed by atoms with Crippen molar-refractivity contribution in [2.45, 2.75) is 91.5 Å². The van der Waals surface area contributed by atoms with Gasteiger partial charge in [-0.15, -0.1) is 0 Å². The maximum absolute atomic E-state index is 12.5. The van der Waals surface area contributed by atoms with Gasteiger partial charge in [0, 0.05) is 17.4 Å². The Morgan fingerprint density at radius 3 is 2.43 bits per heavy atom. The van der Waals surface area contributed by atoms with Crippen molar-refractivity contribution in [3.05, 3.63) is 22.8 Å². The Hall–Kier alpha value is -0.673. The van der Waals surface area contributed by atoms with E-state index in [1.165, 1.54) is 11.1 Å². The van der Waals surface area contributed by atoms with Crippen LogP contribution in [0.1, 0.15) is 67.2 Å². The van der Waals surface area contributed by atoms with Crippen molar-refractivity contribution < 1.29 is 9.22 Å². The molecule has 23 heavy (non-hydrogen) atoms. The Morgan fingerprint density at radius 1 is 1.30 bits per heavy atom. The quantitative estimate of drug-likeness (QED) is 0.594. The van der Waals surface area contributed by atoms with Crippen LogP contribution in [-0.4, -0.2) is 20.2 Å². The molecular formula is C20H34O2Si. The molecule has 2 aliphatic rings. The zero-order valence-corrected chi connectivity index (χ0v) is 17.3. The fourth-order valence-corrected chi connectivity index (χ4v) is 4.75. The molecular weight excluding hydrogens is 300 g/mol. The number of rotatable bonds is 5. The van der Waals surface area contributed by atoms with E-state index in [0.717, 1.165) is 24.8 Å². The van der Waals surface area contributed by atoms with Gasteiger partial charge in [0.25, 0.3) is 0 Å². The van der Waals surface area contributed by atoms with E-state index >= 15 is 0 Å². The van der Waals surface area contributed by atoms with Gasteiger partial charge in [0.05, 0.1) is 6.10 Å². The van der Waals surface area contributed by atoms with Gasteiger partial charge in [0.2, 0.25) is 0 Å². The summed E-state index contributed by atoms with van der Waals surface area (Å²) in [7, 11) is -1.88. The SMILES string of the molecule is CCCCC1=C2C(=CC(C)(C)C2O[Si](C)(C)C(C)(C)C)CC1=O. The van der Waals surface area contributed by atoms with E-state index in [1.54, 1.807) is 0 Å². The first-order valence-corrected chi connectivity index (χ1v) is 12.0. The van der Waals surface area contributed by atoms with Crippen LogP contribution in [0.5, 0.6) is 0 Å². The van der Waals surface area contributed by atoms with Crippen molar-refractivity contribution in [2.75, 3.05) is 0 Å². The summed E-state index contributed by atoms with van der Waals surface area (Å²) in [5.74, 6) is 0.332. The summed E-state index contributed by atoms with van der Waals surface area (Å²) >= 11 is 0. The number of fused-ring (bicyclic) bond motifs is 1. The third-order valence-corrected chi connectivity index (χ3v) is 10.3. The van der Waals surface area contributed by atoms with Crippen molar-refractivity contribution >= 4 is 14.1 Å². The second-order valence-corrected chi connectivity index (χ2v) is 14.1. The molecule has 0 radical (unpaired) electrons. The Morgan fingerprint density at radius 2 is 1.91 bits per heavy atom. The summed E-state index contributed by atoms with van der Waals surface area (Å²) < 4.78 is 6.83. The number of unbranched alkanes of at least 4 members (excludes halogenated alkanes) is 1. The Labute approximate surface area is 143 Å². The molecule has 0 spiro atoms. The molecule has 1 unspecified atom stereocenters. The number of carbonyl (C=O) groups excluding carboxylic acids is 1. The zero-order chi connectivity index (χ0) is 17.6. The van der Waals surface area contributed by atoms with Crippen LogP contribution in [0.25, 0.3) is 0 Å². The molecule has 0 bridgehead atoms. The van der Waals surface area contributed by atoms with Crippen molar-refractivity contribution in [2.24, 2.45) is 5.41 Å². The molecule has 0 aromatic heterocycles. The molecule has 0 aromatic carbocycles. The zero-order valence-electron chi connectivity index (χ0n) is 16.3. The number of ketones is 1. The average molecular weight is 335 g/mol. The van der Waals surface area contributed by atoms with Crippen molar-refractivity contribution in [3.63, 3.8) is 0 Å². The average Bonchev–Trinajstić information content (AvgIpc) is 2.78. The molecule has 3 heteroatoms. The maximum atomic E-state index is 12.5. The topological polar surface area (TPSA) is 26.3 Å². The maximum Gasteiger partial charge on any atom is 0.192 e. The molecule has 0 saturated carbocycles. The van der Waals surface area contributed by atoms with Gasteiger partial charge >= 0.3 is 0 Å². The minimum absolute atomic E-state index is 0.0155. The number of hydrogen-bond donors (Lipinski definition) is 0. The molecule has 130 valence electrons. The molecule has 0 amide bonds. The highest BCUT2D eigenvalue weighted by molar-refractivity contribution is 6.74. The lowest BCUT2D eigenvalue weighted by Crippen LogP contribution is -2.47. The van der Waals surface area contributed by atoms with Gasteiger partial charge < -0.3 is 4.43 Å². The Kier molecular flexibility index (Phi) is 4.87. The van der Waals surface area contributed by atoms with Crippen LogP contribution in [0, 0.1) is 5.41 Å². The number of carbonyl (C=O) groups is 1. The molecule has 2 aliphatic carbocycles. The third-order valence-electron chi connectivity index (χ3n) is 5.84. The molecule has 0 saturated heterocycles. The van der Waals surface area contributed by atoms with E-state index < -0.39 is 8.32 Å². The van der Waals surface area contributed by atoms with Gasteiger partial charge in [0.1, 0.15) is 0 Å². The first kappa shape index (κ1) is 18.7. The van der Waals surface area contributed by atoms with Crippen LogP contribution in [0.15, 0.2) is 22.8 Å². The highest BCUT2D eigenvalue weighted by atomic mass is 28.4. The molecule has 0 N–H and O–H groups in total. The highest BCUT2D eigenvalue weighted by Gasteiger charge is 2.49. The van der Waals surface area contributed by atoms with Crippen molar-refractivity contribution in [3.8, 4) is 0 Å². The van der Waals surface area contributed by atoms with Crippen LogP contribution in [-0.2, 0) is 9.22 Å². The fourth-order valence-electron chi connectivity index (χ4n) is 3.38.